The second-order valence-electron chi connectivity index (χ2n) is 7.47. The smallest absolute Gasteiger partial charge is 0.408 e. The minimum Gasteiger partial charge on any atom is -0.508 e. The Kier molecular flexibility index (Phi) is 7.36. The van der Waals surface area contributed by atoms with Gasteiger partial charge < -0.3 is 19.9 Å². The maximum atomic E-state index is 12.6. The van der Waals surface area contributed by atoms with Gasteiger partial charge in [-0.05, 0) is 38.5 Å². The van der Waals surface area contributed by atoms with Crippen molar-refractivity contribution in [2.45, 2.75) is 38.8 Å². The molecular weight excluding hydrogens is 374 g/mol. The molecule has 0 bridgehead atoms. The Bertz CT molecular complexity index is 840. The van der Waals surface area contributed by atoms with Crippen molar-refractivity contribution in [1.82, 2.24) is 5.32 Å². The molecule has 0 aliphatic rings. The largest absolute Gasteiger partial charge is 0.508 e. The molecule has 2 rings (SSSR count). The van der Waals surface area contributed by atoms with Gasteiger partial charge in [0.15, 0.2) is 12.4 Å². The van der Waals surface area contributed by atoms with E-state index in [9.17, 15) is 19.5 Å². The third kappa shape index (κ3) is 7.65. The summed E-state index contributed by atoms with van der Waals surface area (Å²) in [6.07, 6.45) is -0.662. The van der Waals surface area contributed by atoms with Crippen LogP contribution in [0.5, 0.6) is 5.75 Å². The first-order valence-electron chi connectivity index (χ1n) is 9.16. The molecule has 2 aromatic rings. The Morgan fingerprint density at radius 2 is 1.62 bits per heavy atom. The molecule has 0 aliphatic carbocycles. The number of Topliss-reactive ketones (excluding diaryl/α,β-unsaturated/α-hetero) is 1. The van der Waals surface area contributed by atoms with E-state index in [1.54, 1.807) is 63.2 Å². The predicted octanol–water partition coefficient (Wildman–Crippen LogP) is 3.25. The first-order valence-corrected chi connectivity index (χ1v) is 9.16. The number of esters is 1. The van der Waals surface area contributed by atoms with Crippen molar-refractivity contribution < 1.29 is 29.0 Å². The first-order chi connectivity index (χ1) is 13.6. The number of rotatable bonds is 7. The van der Waals surface area contributed by atoms with Gasteiger partial charge in [0.1, 0.15) is 17.4 Å². The topological polar surface area (TPSA) is 102 Å². The third-order valence-corrected chi connectivity index (χ3v) is 3.79. The summed E-state index contributed by atoms with van der Waals surface area (Å²) in [7, 11) is 0. The van der Waals surface area contributed by atoms with E-state index in [1.807, 2.05) is 0 Å². The van der Waals surface area contributed by atoms with E-state index in [0.29, 0.717) is 11.1 Å². The average Bonchev–Trinajstić information content (AvgIpc) is 2.66. The molecule has 0 fully saturated rings. The lowest BCUT2D eigenvalue weighted by Crippen LogP contribution is -2.45. The van der Waals surface area contributed by atoms with Crippen LogP contribution in [0.2, 0.25) is 0 Å². The van der Waals surface area contributed by atoms with Crippen LogP contribution >= 0.6 is 0 Å². The molecule has 1 atom stereocenters. The zero-order valence-corrected chi connectivity index (χ0v) is 16.7. The Hall–Kier alpha value is -3.35. The van der Waals surface area contributed by atoms with Crippen LogP contribution in [0.4, 0.5) is 4.79 Å². The van der Waals surface area contributed by atoms with Gasteiger partial charge in [0.2, 0.25) is 0 Å². The highest BCUT2D eigenvalue weighted by molar-refractivity contribution is 5.98. The third-order valence-electron chi connectivity index (χ3n) is 3.79. The summed E-state index contributed by atoms with van der Waals surface area (Å²) < 4.78 is 10.3. The van der Waals surface area contributed by atoms with Gasteiger partial charge in [-0.3, -0.25) is 4.79 Å². The zero-order chi connectivity index (χ0) is 21.4. The zero-order valence-electron chi connectivity index (χ0n) is 16.7. The summed E-state index contributed by atoms with van der Waals surface area (Å²) in [6.45, 7) is 4.68. The highest BCUT2D eigenvalue weighted by Crippen LogP contribution is 2.13. The molecule has 154 valence electrons. The van der Waals surface area contributed by atoms with Gasteiger partial charge in [0.05, 0.1) is 0 Å². The number of phenols is 1. The standard InChI is InChI=1S/C22H25NO6/c1-22(2,3)29-21(27)23-18(13-15-9-11-17(24)12-10-15)20(26)28-14-19(25)16-7-5-4-6-8-16/h4-12,18,24H,13-14H2,1-3H3,(H,23,27). The molecule has 0 radical (unpaired) electrons. The van der Waals surface area contributed by atoms with Crippen LogP contribution in [0.25, 0.3) is 0 Å². The molecule has 1 unspecified atom stereocenters. The number of nitrogens with one attached hydrogen (secondary N) is 1. The van der Waals surface area contributed by atoms with Crippen LogP contribution in [0, 0.1) is 0 Å². The number of hydrogen-bond donors (Lipinski definition) is 2. The van der Waals surface area contributed by atoms with Gasteiger partial charge >= 0.3 is 12.1 Å². The van der Waals surface area contributed by atoms with Gasteiger partial charge in [-0.15, -0.1) is 0 Å². The van der Waals surface area contributed by atoms with Crippen molar-refractivity contribution in [2.24, 2.45) is 0 Å². The minimum atomic E-state index is -1.06. The van der Waals surface area contributed by atoms with Gasteiger partial charge in [-0.25, -0.2) is 9.59 Å². The second-order valence-corrected chi connectivity index (χ2v) is 7.47. The minimum absolute atomic E-state index is 0.0847. The van der Waals surface area contributed by atoms with E-state index in [1.165, 1.54) is 12.1 Å². The normalized spacial score (nSPS) is 12.0. The van der Waals surface area contributed by atoms with Crippen LogP contribution in [0.1, 0.15) is 36.7 Å². The van der Waals surface area contributed by atoms with E-state index < -0.39 is 30.3 Å². The maximum absolute atomic E-state index is 12.6. The van der Waals surface area contributed by atoms with Gasteiger partial charge in [0, 0.05) is 12.0 Å². The van der Waals surface area contributed by atoms with E-state index >= 15 is 0 Å². The predicted molar refractivity (Wildman–Crippen MR) is 107 cm³/mol. The number of ether oxygens (including phenoxy) is 2. The van der Waals surface area contributed by atoms with Gasteiger partial charge in [0.25, 0.3) is 0 Å². The van der Waals surface area contributed by atoms with E-state index in [-0.39, 0.29) is 18.0 Å². The fourth-order valence-electron chi connectivity index (χ4n) is 2.46. The van der Waals surface area contributed by atoms with Crippen molar-refractivity contribution in [2.75, 3.05) is 6.61 Å². The number of benzene rings is 2. The molecule has 7 nitrogen and oxygen atoms in total. The second kappa shape index (κ2) is 9.73. The summed E-state index contributed by atoms with van der Waals surface area (Å²) in [5, 5.41) is 11.9. The number of phenolic OH excluding ortho intramolecular Hbond substituents is 1. The molecule has 2 N–H and O–H groups in total. The maximum Gasteiger partial charge on any atom is 0.408 e. The molecule has 29 heavy (non-hydrogen) atoms. The van der Waals surface area contributed by atoms with Crippen molar-refractivity contribution in [1.29, 1.82) is 0 Å². The molecule has 0 saturated heterocycles. The van der Waals surface area contributed by atoms with Crippen molar-refractivity contribution in [3.8, 4) is 5.75 Å². The molecule has 0 heterocycles. The van der Waals surface area contributed by atoms with Gasteiger partial charge in [-0.2, -0.15) is 0 Å². The SMILES string of the molecule is CC(C)(C)OC(=O)NC(Cc1ccc(O)cc1)C(=O)OCC(=O)c1ccccc1. The van der Waals surface area contributed by atoms with Gasteiger partial charge in [-0.1, -0.05) is 42.5 Å². The van der Waals surface area contributed by atoms with Crippen LogP contribution < -0.4 is 5.32 Å². The van der Waals surface area contributed by atoms with Crippen LogP contribution in [-0.2, 0) is 20.7 Å². The average molecular weight is 399 g/mol. The number of amides is 1. The van der Waals surface area contributed by atoms with Crippen molar-refractivity contribution >= 4 is 17.8 Å². The molecule has 0 saturated carbocycles. The summed E-state index contributed by atoms with van der Waals surface area (Å²) in [4.78, 5) is 36.8. The Morgan fingerprint density at radius 1 is 1.00 bits per heavy atom. The Labute approximate surface area is 169 Å². The lowest BCUT2D eigenvalue weighted by molar-refractivity contribution is -0.145. The molecule has 0 aliphatic heterocycles. The number of aromatic hydroxyl groups is 1. The van der Waals surface area contributed by atoms with E-state index in [4.69, 9.17) is 9.47 Å². The summed E-state index contributed by atoms with van der Waals surface area (Å²) >= 11 is 0. The molecule has 7 heteroatoms. The fourth-order valence-corrected chi connectivity index (χ4v) is 2.46. The molecule has 1 amide bonds. The van der Waals surface area contributed by atoms with Crippen LogP contribution in [0.3, 0.4) is 0 Å². The lowest BCUT2D eigenvalue weighted by Gasteiger charge is -2.23. The van der Waals surface area contributed by atoms with E-state index in [0.717, 1.165) is 0 Å². The highest BCUT2D eigenvalue weighted by atomic mass is 16.6. The Balaban J connectivity index is 2.05. The number of carbonyl (C=O) groups excluding carboxylic acids is 3. The summed E-state index contributed by atoms with van der Waals surface area (Å²) in [6, 6.07) is 13.6. The van der Waals surface area contributed by atoms with Crippen LogP contribution in [0.15, 0.2) is 54.6 Å². The van der Waals surface area contributed by atoms with Crippen molar-refractivity contribution in [3.05, 3.63) is 65.7 Å². The Morgan fingerprint density at radius 3 is 2.21 bits per heavy atom. The number of carbonyl (C=O) groups is 3. The fraction of sp³-hybridized carbons (Fsp3) is 0.318. The summed E-state index contributed by atoms with van der Waals surface area (Å²) in [5.41, 5.74) is 0.381. The number of alkyl carbamates (subject to hydrolysis) is 1. The molecule has 0 spiro atoms. The molecule has 2 aromatic carbocycles. The monoisotopic (exact) mass is 399 g/mol. The lowest BCUT2D eigenvalue weighted by atomic mass is 10.1. The molecular formula is C22H25NO6. The first kappa shape index (κ1) is 21.9. The van der Waals surface area contributed by atoms with Crippen molar-refractivity contribution in [3.63, 3.8) is 0 Å². The quantitative estimate of drug-likeness (QED) is 0.547. The summed E-state index contributed by atoms with van der Waals surface area (Å²) in [5.74, 6) is -1.02. The highest BCUT2D eigenvalue weighted by Gasteiger charge is 2.26. The molecule has 0 aromatic heterocycles. The van der Waals surface area contributed by atoms with Crippen LogP contribution in [-0.4, -0.2) is 41.2 Å². The van der Waals surface area contributed by atoms with E-state index in [2.05, 4.69) is 5.32 Å². The number of hydrogen-bond acceptors (Lipinski definition) is 6. The number of ketones is 1.